The minimum Gasteiger partial charge on any atom is -0.493 e. The van der Waals surface area contributed by atoms with Crippen molar-refractivity contribution in [2.24, 2.45) is 4.99 Å². The molecule has 3 aliphatic rings. The first kappa shape index (κ1) is 35.5. The molecule has 0 fully saturated rings. The number of amides is 2. The second-order valence-corrected chi connectivity index (χ2v) is 13.9. The number of methoxy groups -OCH3 is 2. The third-order valence-corrected chi connectivity index (χ3v) is 10.4. The number of fused-ring (bicyclic) bond motifs is 5. The first-order chi connectivity index (χ1) is 26.8. The van der Waals surface area contributed by atoms with E-state index in [9.17, 15) is 9.59 Å². The number of aryl methyl sites for hydroxylation is 1. The monoisotopic (exact) mass is 737 g/mol. The molecule has 1 atom stereocenters. The van der Waals surface area contributed by atoms with E-state index in [0.29, 0.717) is 52.2 Å². The number of anilines is 4. The predicted octanol–water partition coefficient (Wildman–Crippen LogP) is 7.30. The van der Waals surface area contributed by atoms with Crippen molar-refractivity contribution in [2.75, 3.05) is 48.7 Å². The quantitative estimate of drug-likeness (QED) is 0.143. The fourth-order valence-corrected chi connectivity index (χ4v) is 7.78. The molecule has 0 unspecified atom stereocenters. The molecule has 11 heteroatoms. The molecule has 55 heavy (non-hydrogen) atoms. The predicted molar refractivity (Wildman–Crippen MR) is 215 cm³/mol. The Morgan fingerprint density at radius 3 is 2.22 bits per heavy atom. The van der Waals surface area contributed by atoms with E-state index in [1.54, 1.807) is 33.4 Å². The van der Waals surface area contributed by atoms with E-state index in [-0.39, 0.29) is 37.5 Å². The Balaban J connectivity index is 0.979. The molecule has 3 heterocycles. The second-order valence-electron chi connectivity index (χ2n) is 13.9. The molecule has 5 aromatic carbocycles. The van der Waals surface area contributed by atoms with Gasteiger partial charge >= 0.3 is 0 Å². The number of nitrogen functional groups attached to an aromatic ring is 1. The van der Waals surface area contributed by atoms with Gasteiger partial charge < -0.3 is 39.8 Å². The van der Waals surface area contributed by atoms with Crippen molar-refractivity contribution >= 4 is 46.5 Å². The summed E-state index contributed by atoms with van der Waals surface area (Å²) < 4.78 is 24.0. The van der Waals surface area contributed by atoms with Gasteiger partial charge in [-0.3, -0.25) is 14.6 Å². The van der Waals surface area contributed by atoms with Gasteiger partial charge in [-0.2, -0.15) is 0 Å². The molecule has 3 aliphatic heterocycles. The summed E-state index contributed by atoms with van der Waals surface area (Å²) in [6.45, 7) is 1.03. The standard InChI is InChI=1S/C44H43N5O6/c1-46-36-23-42(40(53-3)21-34(36)44(51)48-14-8-11-29-9-4-6-12-37(29)48)55-26-28-15-27(16-32(45)17-28)25-54-41-22-35-31(19-39(41)52-2)20-43(50)49-33(24-47-35)18-30-10-5-7-13-38(30)49/h4-7,9-10,12-13,15-17,19,21-24,33,46H,8,11,14,18,20,25-26,45H2,1-3H3/t33-/m0/s1. The molecule has 11 nitrogen and oxygen atoms in total. The van der Waals surface area contributed by atoms with Crippen LogP contribution >= 0.6 is 0 Å². The second kappa shape index (κ2) is 15.1. The van der Waals surface area contributed by atoms with Crippen LogP contribution in [-0.2, 0) is 37.3 Å². The molecule has 0 bridgehead atoms. The van der Waals surface area contributed by atoms with Gasteiger partial charge in [0.25, 0.3) is 5.91 Å². The highest BCUT2D eigenvalue weighted by atomic mass is 16.5. The Morgan fingerprint density at radius 1 is 0.818 bits per heavy atom. The molecule has 8 rings (SSSR count). The summed E-state index contributed by atoms with van der Waals surface area (Å²) in [4.78, 5) is 35.9. The third-order valence-electron chi connectivity index (χ3n) is 10.4. The highest BCUT2D eigenvalue weighted by molar-refractivity contribution is 6.10. The average molecular weight is 738 g/mol. The number of aliphatic imine (C=N–C) groups is 1. The van der Waals surface area contributed by atoms with Gasteiger partial charge in [0, 0.05) is 55.4 Å². The first-order valence-electron chi connectivity index (χ1n) is 18.4. The summed E-state index contributed by atoms with van der Waals surface area (Å²) in [7, 11) is 4.92. The number of nitrogens with zero attached hydrogens (tertiary/aromatic N) is 3. The number of ether oxygens (including phenoxy) is 4. The topological polar surface area (TPSA) is 128 Å². The Kier molecular flexibility index (Phi) is 9.75. The maximum Gasteiger partial charge on any atom is 0.260 e. The number of nitrogens with one attached hydrogen (secondary N) is 1. The van der Waals surface area contributed by atoms with Crippen molar-refractivity contribution in [3.05, 3.63) is 124 Å². The van der Waals surface area contributed by atoms with E-state index in [1.165, 1.54) is 5.56 Å². The third kappa shape index (κ3) is 7.01. The van der Waals surface area contributed by atoms with Gasteiger partial charge in [0.15, 0.2) is 23.0 Å². The van der Waals surface area contributed by atoms with Gasteiger partial charge in [-0.05, 0) is 83.1 Å². The zero-order valence-corrected chi connectivity index (χ0v) is 31.1. The number of rotatable bonds is 10. The van der Waals surface area contributed by atoms with Crippen molar-refractivity contribution < 1.29 is 28.5 Å². The van der Waals surface area contributed by atoms with Crippen LogP contribution in [0, 0.1) is 0 Å². The van der Waals surface area contributed by atoms with E-state index in [0.717, 1.165) is 52.9 Å². The summed E-state index contributed by atoms with van der Waals surface area (Å²) in [6.07, 6.45) is 4.62. The number of hydrogen-bond acceptors (Lipinski definition) is 9. The van der Waals surface area contributed by atoms with Crippen LogP contribution in [0.3, 0.4) is 0 Å². The smallest absolute Gasteiger partial charge is 0.260 e. The van der Waals surface area contributed by atoms with Crippen LogP contribution in [0.25, 0.3) is 0 Å². The molecule has 0 aliphatic carbocycles. The molecule has 3 N–H and O–H groups in total. The number of carbonyl (C=O) groups is 2. The molecule has 5 aromatic rings. The van der Waals surface area contributed by atoms with Gasteiger partial charge in [0.05, 0.1) is 43.6 Å². The molecule has 0 spiro atoms. The van der Waals surface area contributed by atoms with Gasteiger partial charge in [0.1, 0.15) is 13.2 Å². The van der Waals surface area contributed by atoms with Gasteiger partial charge in [-0.25, -0.2) is 0 Å². The lowest BCUT2D eigenvalue weighted by molar-refractivity contribution is -0.118. The van der Waals surface area contributed by atoms with E-state index >= 15 is 0 Å². The van der Waals surface area contributed by atoms with E-state index in [2.05, 4.69) is 17.4 Å². The molecule has 0 radical (unpaired) electrons. The minimum atomic E-state index is -0.139. The highest BCUT2D eigenvalue weighted by Crippen LogP contribution is 2.40. The Morgan fingerprint density at radius 2 is 1.49 bits per heavy atom. The summed E-state index contributed by atoms with van der Waals surface area (Å²) in [6, 6.07) is 28.8. The number of carbonyl (C=O) groups excluding carboxylic acids is 2. The molecular weight excluding hydrogens is 695 g/mol. The van der Waals surface area contributed by atoms with Gasteiger partial charge in [-0.15, -0.1) is 0 Å². The number of nitrogens with two attached hydrogens (primary N) is 1. The summed E-state index contributed by atoms with van der Waals surface area (Å²) >= 11 is 0. The van der Waals surface area contributed by atoms with E-state index < -0.39 is 0 Å². The maximum atomic E-state index is 13.9. The Labute approximate surface area is 320 Å². The molecule has 0 saturated heterocycles. The largest absolute Gasteiger partial charge is 0.493 e. The van der Waals surface area contributed by atoms with Crippen LogP contribution < -0.4 is 39.8 Å². The van der Waals surface area contributed by atoms with Crippen LogP contribution in [0.15, 0.2) is 96.0 Å². The number of benzene rings is 5. The zero-order valence-electron chi connectivity index (χ0n) is 31.1. The van der Waals surface area contributed by atoms with Crippen molar-refractivity contribution in [3.8, 4) is 23.0 Å². The minimum absolute atomic E-state index is 0.0143. The lowest BCUT2D eigenvalue weighted by Gasteiger charge is -2.30. The molecule has 0 saturated carbocycles. The Bertz CT molecular complexity index is 2320. The lowest BCUT2D eigenvalue weighted by Crippen LogP contribution is -2.40. The highest BCUT2D eigenvalue weighted by Gasteiger charge is 2.34. The van der Waals surface area contributed by atoms with Crippen LogP contribution in [0.1, 0.15) is 44.6 Å². The molecule has 280 valence electrons. The van der Waals surface area contributed by atoms with Crippen molar-refractivity contribution in [1.82, 2.24) is 0 Å². The summed E-state index contributed by atoms with van der Waals surface area (Å²) in [5.74, 6) is 1.85. The maximum absolute atomic E-state index is 13.9. The summed E-state index contributed by atoms with van der Waals surface area (Å²) in [5.41, 5.74) is 15.3. The number of hydrogen-bond donors (Lipinski definition) is 2. The SMILES string of the molecule is CNc1cc(OCc2cc(N)cc(COc3cc4c(cc3OC)CC(=O)N3c5ccccc5C[C@H]3C=N4)c2)c(OC)cc1C(=O)N1CCCc2ccccc21. The average Bonchev–Trinajstić information content (AvgIpc) is 3.58. The van der Waals surface area contributed by atoms with Gasteiger partial charge in [-0.1, -0.05) is 36.4 Å². The zero-order chi connectivity index (χ0) is 38.1. The number of para-hydroxylation sites is 2. The normalized spacial score (nSPS) is 15.5. The van der Waals surface area contributed by atoms with Gasteiger partial charge in [0.2, 0.25) is 5.91 Å². The van der Waals surface area contributed by atoms with Crippen LogP contribution in [0.5, 0.6) is 23.0 Å². The van der Waals surface area contributed by atoms with Crippen molar-refractivity contribution in [2.45, 2.75) is 44.9 Å². The van der Waals surface area contributed by atoms with Crippen LogP contribution in [0.4, 0.5) is 28.4 Å². The van der Waals surface area contributed by atoms with E-state index in [4.69, 9.17) is 29.7 Å². The van der Waals surface area contributed by atoms with Crippen molar-refractivity contribution in [1.29, 1.82) is 0 Å². The lowest BCUT2D eigenvalue weighted by atomic mass is 10.0. The fraction of sp³-hybridized carbons (Fsp3) is 0.250. The van der Waals surface area contributed by atoms with E-state index in [1.807, 2.05) is 82.7 Å². The molecular formula is C44H43N5O6. The Hall–Kier alpha value is -6.49. The van der Waals surface area contributed by atoms with Crippen LogP contribution in [-0.4, -0.2) is 51.9 Å². The first-order valence-corrected chi connectivity index (χ1v) is 18.4. The van der Waals surface area contributed by atoms with Crippen LogP contribution in [0.2, 0.25) is 0 Å². The molecule has 2 amide bonds. The molecule has 0 aromatic heterocycles. The fourth-order valence-electron chi connectivity index (χ4n) is 7.78. The summed E-state index contributed by atoms with van der Waals surface area (Å²) in [5, 5.41) is 3.17. The van der Waals surface area contributed by atoms with Crippen molar-refractivity contribution in [3.63, 3.8) is 0 Å².